The number of nitrogens with zero attached hydrogens (tertiary/aromatic N) is 7. The van der Waals surface area contributed by atoms with E-state index in [1.54, 1.807) is 36.7 Å². The zero-order valence-electron chi connectivity index (χ0n) is 23.8. The summed E-state index contributed by atoms with van der Waals surface area (Å²) >= 11 is 0. The topological polar surface area (TPSA) is 129 Å². The molecule has 0 unspecified atom stereocenters. The highest BCUT2D eigenvalue weighted by Gasteiger charge is 2.22. The Bertz CT molecular complexity index is 1660. The summed E-state index contributed by atoms with van der Waals surface area (Å²) in [5.41, 5.74) is 6.56. The molecule has 1 aliphatic heterocycles. The molecule has 4 aromatic rings. The Kier molecular flexibility index (Phi) is 8.26. The number of benzene rings is 2. The molecular weight excluding hydrogens is 532 g/mol. The van der Waals surface area contributed by atoms with Crippen molar-refractivity contribution in [3.63, 3.8) is 0 Å². The second-order valence-corrected chi connectivity index (χ2v) is 11.0. The minimum absolute atomic E-state index is 0.220. The summed E-state index contributed by atoms with van der Waals surface area (Å²) in [6, 6.07) is 20.1. The van der Waals surface area contributed by atoms with E-state index < -0.39 is 11.7 Å². The number of aromatic nitrogens is 4. The number of hydrogen-bond acceptors (Lipinski definition) is 9. The third-order valence-electron chi connectivity index (χ3n) is 6.60. The third kappa shape index (κ3) is 7.16. The number of nitriles is 1. The van der Waals surface area contributed by atoms with Crippen LogP contribution < -0.4 is 15.9 Å². The van der Waals surface area contributed by atoms with E-state index >= 15 is 0 Å². The molecule has 1 aliphatic rings. The summed E-state index contributed by atoms with van der Waals surface area (Å²) in [5.74, 6) is 0.577. The lowest BCUT2D eigenvalue weighted by atomic mass is 10.1. The molecule has 42 heavy (non-hydrogen) atoms. The summed E-state index contributed by atoms with van der Waals surface area (Å²) in [7, 11) is 0. The predicted molar refractivity (Wildman–Crippen MR) is 158 cm³/mol. The van der Waals surface area contributed by atoms with Crippen LogP contribution in [0, 0.1) is 11.3 Å². The molecule has 0 aliphatic carbocycles. The van der Waals surface area contributed by atoms with Gasteiger partial charge in [0.25, 0.3) is 5.56 Å². The Hall–Kier alpha value is -5.08. The fraction of sp³-hybridized carbons (Fsp3) is 0.290. The van der Waals surface area contributed by atoms with Gasteiger partial charge >= 0.3 is 6.09 Å². The normalized spacial score (nSPS) is 13.8. The highest BCUT2D eigenvalue weighted by Crippen LogP contribution is 2.21. The van der Waals surface area contributed by atoms with Gasteiger partial charge in [-0.3, -0.25) is 10.2 Å². The summed E-state index contributed by atoms with van der Waals surface area (Å²) in [5, 5.41) is 15.6. The fourth-order valence-corrected chi connectivity index (χ4v) is 4.59. The van der Waals surface area contributed by atoms with Crippen molar-refractivity contribution in [2.75, 3.05) is 31.1 Å². The maximum Gasteiger partial charge on any atom is 0.422 e. The quantitative estimate of drug-likeness (QED) is 0.371. The molecule has 11 heteroatoms. The number of hydrogen-bond donors (Lipinski definition) is 1. The summed E-state index contributed by atoms with van der Waals surface area (Å²) in [4.78, 5) is 36.0. The van der Waals surface area contributed by atoms with Gasteiger partial charge in [0.1, 0.15) is 5.60 Å². The number of ether oxygens (including phenoxy) is 1. The number of hydrazine groups is 1. The monoisotopic (exact) mass is 564 g/mol. The molecule has 0 bridgehead atoms. The Morgan fingerprint density at radius 3 is 2.40 bits per heavy atom. The Morgan fingerprint density at radius 2 is 1.69 bits per heavy atom. The van der Waals surface area contributed by atoms with Crippen molar-refractivity contribution < 1.29 is 9.53 Å². The van der Waals surface area contributed by atoms with Crippen molar-refractivity contribution in [3.05, 3.63) is 94.5 Å². The first kappa shape index (κ1) is 28.4. The number of nitrogens with one attached hydrogen (secondary N) is 1. The van der Waals surface area contributed by atoms with Crippen LogP contribution in [0.25, 0.3) is 22.6 Å². The summed E-state index contributed by atoms with van der Waals surface area (Å²) in [6.45, 7) is 8.47. The van der Waals surface area contributed by atoms with E-state index in [2.05, 4.69) is 31.5 Å². The van der Waals surface area contributed by atoms with Crippen LogP contribution >= 0.6 is 0 Å². The first-order valence-corrected chi connectivity index (χ1v) is 13.7. The van der Waals surface area contributed by atoms with Crippen LogP contribution in [0.15, 0.2) is 77.9 Å². The molecule has 0 radical (unpaired) electrons. The number of anilines is 1. The van der Waals surface area contributed by atoms with Crippen molar-refractivity contribution in [2.45, 2.75) is 32.9 Å². The van der Waals surface area contributed by atoms with Gasteiger partial charge < -0.3 is 9.64 Å². The molecule has 2 aromatic carbocycles. The van der Waals surface area contributed by atoms with Gasteiger partial charge in [-0.15, -0.1) is 0 Å². The Morgan fingerprint density at radius 1 is 0.976 bits per heavy atom. The smallest absolute Gasteiger partial charge is 0.422 e. The van der Waals surface area contributed by atoms with Crippen LogP contribution in [0.4, 0.5) is 10.5 Å². The van der Waals surface area contributed by atoms with Crippen LogP contribution in [0.3, 0.4) is 0 Å². The summed E-state index contributed by atoms with van der Waals surface area (Å²) < 4.78 is 6.74. The average molecular weight is 565 g/mol. The van der Waals surface area contributed by atoms with E-state index in [1.165, 1.54) is 10.7 Å². The first-order valence-electron chi connectivity index (χ1n) is 13.7. The van der Waals surface area contributed by atoms with Crippen LogP contribution in [0.5, 0.6) is 0 Å². The lowest BCUT2D eigenvalue weighted by Gasteiger charge is -2.35. The number of amides is 1. The van der Waals surface area contributed by atoms with Gasteiger partial charge in [-0.1, -0.05) is 30.3 Å². The van der Waals surface area contributed by atoms with Gasteiger partial charge in [0.15, 0.2) is 5.82 Å². The highest BCUT2D eigenvalue weighted by atomic mass is 16.6. The Balaban J connectivity index is 1.23. The van der Waals surface area contributed by atoms with Crippen LogP contribution in [0.1, 0.15) is 31.9 Å². The Labute approximate surface area is 244 Å². The van der Waals surface area contributed by atoms with E-state index in [1.807, 2.05) is 56.1 Å². The van der Waals surface area contributed by atoms with Gasteiger partial charge in [0.05, 0.1) is 42.0 Å². The standard InChI is InChI=1S/C31H32N8O3/c1-31(2,3)42-30(41)36-38-14-12-37(13-15-38)26-19-33-29(34-20-26)25-9-5-7-23(17-25)21-39-28(40)11-10-27(35-39)24-8-4-6-22(16-24)18-32/h4-11,16-17,19-20H,12-15,21H2,1-3H3,(H,36,41). The minimum Gasteiger partial charge on any atom is -0.443 e. The minimum atomic E-state index is -0.545. The lowest BCUT2D eigenvalue weighted by Crippen LogP contribution is -2.54. The first-order chi connectivity index (χ1) is 20.2. The van der Waals surface area contributed by atoms with Crippen molar-refractivity contribution in [1.29, 1.82) is 5.26 Å². The van der Waals surface area contributed by atoms with Crippen molar-refractivity contribution in [1.82, 2.24) is 30.2 Å². The van der Waals surface area contributed by atoms with Gasteiger partial charge in [-0.2, -0.15) is 10.4 Å². The van der Waals surface area contributed by atoms with Crippen molar-refractivity contribution >= 4 is 11.8 Å². The summed E-state index contributed by atoms with van der Waals surface area (Å²) in [6.07, 6.45) is 3.15. The second kappa shape index (κ2) is 12.2. The van der Waals surface area contributed by atoms with Gasteiger partial charge in [-0.05, 0) is 50.6 Å². The molecule has 0 saturated carbocycles. The average Bonchev–Trinajstić information content (AvgIpc) is 2.98. The van der Waals surface area contributed by atoms with Crippen molar-refractivity contribution in [2.24, 2.45) is 0 Å². The number of piperazine rings is 1. The maximum atomic E-state index is 12.6. The molecule has 5 rings (SSSR count). The van der Waals surface area contributed by atoms with E-state index in [4.69, 9.17) is 4.74 Å². The van der Waals surface area contributed by atoms with Gasteiger partial charge in [0.2, 0.25) is 0 Å². The van der Waals surface area contributed by atoms with Crippen LogP contribution in [-0.4, -0.2) is 62.6 Å². The molecule has 2 aromatic heterocycles. The molecule has 11 nitrogen and oxygen atoms in total. The van der Waals surface area contributed by atoms with Crippen LogP contribution in [-0.2, 0) is 11.3 Å². The molecule has 1 saturated heterocycles. The fourth-order valence-electron chi connectivity index (χ4n) is 4.59. The molecular formula is C31H32N8O3. The highest BCUT2D eigenvalue weighted by molar-refractivity contribution is 5.67. The molecule has 214 valence electrons. The van der Waals surface area contributed by atoms with E-state index in [9.17, 15) is 14.9 Å². The van der Waals surface area contributed by atoms with Crippen molar-refractivity contribution in [3.8, 4) is 28.7 Å². The van der Waals surface area contributed by atoms with E-state index in [0.29, 0.717) is 43.3 Å². The largest absolute Gasteiger partial charge is 0.443 e. The molecule has 0 spiro atoms. The molecule has 1 fully saturated rings. The molecule has 1 N–H and O–H groups in total. The predicted octanol–water partition coefficient (Wildman–Crippen LogP) is 3.85. The number of carbonyl (C=O) groups is 1. The lowest BCUT2D eigenvalue weighted by molar-refractivity contribution is 0.0320. The van der Waals surface area contributed by atoms with E-state index in [0.717, 1.165) is 22.4 Å². The second-order valence-electron chi connectivity index (χ2n) is 11.0. The molecule has 0 atom stereocenters. The SMILES string of the molecule is CC(C)(C)OC(=O)NN1CCN(c2cnc(-c3cccc(Cn4nc(-c5cccc(C#N)c5)ccc4=O)c3)nc2)CC1. The molecule has 1 amide bonds. The maximum absolute atomic E-state index is 12.6. The number of carbonyl (C=O) groups excluding carboxylic acids is 1. The van der Waals surface area contributed by atoms with Gasteiger partial charge in [0, 0.05) is 43.4 Å². The zero-order chi connectivity index (χ0) is 29.7. The number of rotatable bonds is 6. The molecule has 3 heterocycles. The van der Waals surface area contributed by atoms with Gasteiger partial charge in [-0.25, -0.2) is 24.5 Å². The third-order valence-corrected chi connectivity index (χ3v) is 6.60. The van der Waals surface area contributed by atoms with Crippen LogP contribution in [0.2, 0.25) is 0 Å². The van der Waals surface area contributed by atoms with E-state index in [-0.39, 0.29) is 12.1 Å². The zero-order valence-corrected chi connectivity index (χ0v) is 23.8.